The third-order valence-electron chi connectivity index (χ3n) is 1.95. The minimum Gasteiger partial charge on any atom is -0.0991 e. The minimum absolute atomic E-state index is 1.10. The fraction of sp³-hybridized carbons (Fsp3) is 0.143. The average Bonchev–Trinajstić information content (AvgIpc) is 2.22. The largest absolute Gasteiger partial charge is 0.0991 e. The lowest BCUT2D eigenvalue weighted by atomic mass is 10.0. The van der Waals surface area contributed by atoms with Crippen LogP contribution in [0.2, 0.25) is 0 Å². The lowest BCUT2D eigenvalue weighted by Crippen LogP contribution is -1.86. The van der Waals surface area contributed by atoms with Gasteiger partial charge < -0.3 is 0 Å². The van der Waals surface area contributed by atoms with E-state index in [1.807, 2.05) is 44.2 Å². The fourth-order valence-corrected chi connectivity index (χ4v) is 1.19. The molecule has 0 aromatic carbocycles. The Morgan fingerprint density at radius 2 is 1.71 bits per heavy atom. The maximum Gasteiger partial charge on any atom is -0.0164 e. The third kappa shape index (κ3) is 3.44. The van der Waals surface area contributed by atoms with E-state index >= 15 is 0 Å². The first-order valence-corrected chi connectivity index (χ1v) is 4.62. The van der Waals surface area contributed by atoms with Crippen molar-refractivity contribution in [1.29, 1.82) is 0 Å². The molecule has 0 heteroatoms. The molecule has 0 atom stereocenters. The summed E-state index contributed by atoms with van der Waals surface area (Å²) in [5, 5.41) is 0. The Kier molecular flexibility index (Phi) is 6.13. The topological polar surface area (TPSA) is 0 Å². The van der Waals surface area contributed by atoms with E-state index in [0.717, 1.165) is 16.7 Å². The zero-order valence-corrected chi connectivity index (χ0v) is 9.09. The molecule has 0 fully saturated rings. The van der Waals surface area contributed by atoms with Gasteiger partial charge in [0.25, 0.3) is 0 Å². The van der Waals surface area contributed by atoms with Gasteiger partial charge in [-0.1, -0.05) is 56.2 Å². The van der Waals surface area contributed by atoms with E-state index in [1.54, 1.807) is 6.08 Å². The van der Waals surface area contributed by atoms with Crippen LogP contribution in [0.5, 0.6) is 0 Å². The summed E-state index contributed by atoms with van der Waals surface area (Å²) >= 11 is 0. The Morgan fingerprint density at radius 3 is 2.07 bits per heavy atom. The first-order chi connectivity index (χ1) is 6.71. The van der Waals surface area contributed by atoms with Crippen molar-refractivity contribution in [1.82, 2.24) is 0 Å². The lowest BCUT2D eigenvalue weighted by Gasteiger charge is -2.05. The molecule has 74 valence electrons. The van der Waals surface area contributed by atoms with E-state index in [4.69, 9.17) is 0 Å². The van der Waals surface area contributed by atoms with Gasteiger partial charge in [0.15, 0.2) is 0 Å². The molecule has 0 radical (unpaired) electrons. The Bertz CT molecular complexity index is 309. The third-order valence-corrected chi connectivity index (χ3v) is 1.95. The van der Waals surface area contributed by atoms with E-state index in [0.29, 0.717) is 0 Å². The van der Waals surface area contributed by atoms with Crippen LogP contribution < -0.4 is 0 Å². The van der Waals surface area contributed by atoms with Crippen LogP contribution in [0.3, 0.4) is 0 Å². The molecule has 0 saturated heterocycles. The van der Waals surface area contributed by atoms with Crippen molar-refractivity contribution >= 4 is 0 Å². The number of hydrogen-bond acceptors (Lipinski definition) is 0. The predicted molar refractivity (Wildman–Crippen MR) is 66.2 cm³/mol. The van der Waals surface area contributed by atoms with Crippen LogP contribution >= 0.6 is 0 Å². The van der Waals surface area contributed by atoms with E-state index in [9.17, 15) is 0 Å². The molecule has 14 heavy (non-hydrogen) atoms. The summed E-state index contributed by atoms with van der Waals surface area (Å²) in [5.41, 5.74) is 3.37. The van der Waals surface area contributed by atoms with E-state index in [-0.39, 0.29) is 0 Å². The summed E-state index contributed by atoms with van der Waals surface area (Å²) in [5.74, 6) is 0. The SMILES string of the molecule is C=C\C=C/C(C)=C(C=C)/C(C=C)=C/C. The molecule has 0 saturated carbocycles. The standard InChI is InChI=1S/C14H18/c1-6-10-11-12(5)14(9-4)13(7-2)8-3/h6-11H,1-2,4H2,3,5H3/b11-10-,13-8+,14-12+. The Balaban J connectivity index is 5.21. The minimum atomic E-state index is 1.10. The van der Waals surface area contributed by atoms with Crippen molar-refractivity contribution < 1.29 is 0 Å². The molecule has 0 amide bonds. The Morgan fingerprint density at radius 1 is 1.07 bits per heavy atom. The van der Waals surface area contributed by atoms with E-state index in [1.165, 1.54) is 0 Å². The smallest absolute Gasteiger partial charge is 0.0164 e. The number of allylic oxidation sites excluding steroid dienone is 9. The quantitative estimate of drug-likeness (QED) is 0.559. The zero-order chi connectivity index (χ0) is 11.0. The summed E-state index contributed by atoms with van der Waals surface area (Å²) < 4.78 is 0. The van der Waals surface area contributed by atoms with Crippen LogP contribution in [0.25, 0.3) is 0 Å². The molecule has 0 aliphatic rings. The second-order valence-electron chi connectivity index (χ2n) is 2.84. The first kappa shape index (κ1) is 12.4. The van der Waals surface area contributed by atoms with Crippen LogP contribution in [0.4, 0.5) is 0 Å². The van der Waals surface area contributed by atoms with Crippen LogP contribution in [-0.2, 0) is 0 Å². The van der Waals surface area contributed by atoms with Gasteiger partial charge in [0.1, 0.15) is 0 Å². The van der Waals surface area contributed by atoms with Crippen LogP contribution in [0, 0.1) is 0 Å². The summed E-state index contributed by atoms with van der Waals surface area (Å²) in [6.45, 7) is 15.2. The van der Waals surface area contributed by atoms with Crippen molar-refractivity contribution in [3.63, 3.8) is 0 Å². The molecule has 0 bridgehead atoms. The molecule has 0 aliphatic heterocycles. The second-order valence-corrected chi connectivity index (χ2v) is 2.84. The highest BCUT2D eigenvalue weighted by molar-refractivity contribution is 5.50. The van der Waals surface area contributed by atoms with Crippen LogP contribution in [-0.4, -0.2) is 0 Å². The zero-order valence-electron chi connectivity index (χ0n) is 9.09. The monoisotopic (exact) mass is 186 g/mol. The molecule has 0 spiro atoms. The Hall–Kier alpha value is -1.56. The summed E-state index contributed by atoms with van der Waals surface area (Å²) in [6.07, 6.45) is 11.4. The average molecular weight is 186 g/mol. The van der Waals surface area contributed by atoms with Crippen LogP contribution in [0.15, 0.2) is 72.9 Å². The second kappa shape index (κ2) is 6.90. The first-order valence-electron chi connectivity index (χ1n) is 4.62. The summed E-state index contributed by atoms with van der Waals surface area (Å²) in [4.78, 5) is 0. The molecule has 0 aromatic rings. The highest BCUT2D eigenvalue weighted by Crippen LogP contribution is 2.17. The number of hydrogen-bond donors (Lipinski definition) is 0. The fourth-order valence-electron chi connectivity index (χ4n) is 1.19. The van der Waals surface area contributed by atoms with Gasteiger partial charge in [-0.2, -0.15) is 0 Å². The van der Waals surface area contributed by atoms with E-state index in [2.05, 4.69) is 19.7 Å². The lowest BCUT2D eigenvalue weighted by molar-refractivity contribution is 1.39. The van der Waals surface area contributed by atoms with Crippen molar-refractivity contribution in [3.05, 3.63) is 72.9 Å². The maximum atomic E-state index is 3.80. The van der Waals surface area contributed by atoms with Gasteiger partial charge in [-0.25, -0.2) is 0 Å². The molecule has 0 heterocycles. The van der Waals surface area contributed by atoms with Gasteiger partial charge in [-0.05, 0) is 30.6 Å². The number of rotatable bonds is 5. The molecule has 0 unspecified atom stereocenters. The maximum absolute atomic E-state index is 3.80. The molecule has 0 aromatic heterocycles. The van der Waals surface area contributed by atoms with Crippen molar-refractivity contribution in [2.75, 3.05) is 0 Å². The van der Waals surface area contributed by atoms with Gasteiger partial charge in [-0.3, -0.25) is 0 Å². The van der Waals surface area contributed by atoms with Crippen molar-refractivity contribution in [3.8, 4) is 0 Å². The predicted octanol–water partition coefficient (Wildman–Crippen LogP) is 4.36. The normalized spacial score (nSPS) is 13.7. The molecule has 0 N–H and O–H groups in total. The van der Waals surface area contributed by atoms with Crippen molar-refractivity contribution in [2.45, 2.75) is 13.8 Å². The molecule has 0 rings (SSSR count). The van der Waals surface area contributed by atoms with Gasteiger partial charge in [0, 0.05) is 0 Å². The highest BCUT2D eigenvalue weighted by atomic mass is 14.0. The molecule has 0 nitrogen and oxygen atoms in total. The summed E-state index contributed by atoms with van der Waals surface area (Å²) in [6, 6.07) is 0. The van der Waals surface area contributed by atoms with Gasteiger partial charge in [-0.15, -0.1) is 0 Å². The molecular weight excluding hydrogens is 168 g/mol. The van der Waals surface area contributed by atoms with Gasteiger partial charge in [0.05, 0.1) is 0 Å². The Labute approximate surface area is 87.3 Å². The molecule has 0 aliphatic carbocycles. The van der Waals surface area contributed by atoms with Crippen LogP contribution in [0.1, 0.15) is 13.8 Å². The van der Waals surface area contributed by atoms with E-state index < -0.39 is 0 Å². The van der Waals surface area contributed by atoms with Crippen molar-refractivity contribution in [2.24, 2.45) is 0 Å². The highest BCUT2D eigenvalue weighted by Gasteiger charge is 1.98. The summed E-state index contributed by atoms with van der Waals surface area (Å²) in [7, 11) is 0. The van der Waals surface area contributed by atoms with Gasteiger partial charge >= 0.3 is 0 Å². The molecular formula is C14H18. The van der Waals surface area contributed by atoms with Gasteiger partial charge in [0.2, 0.25) is 0 Å².